The number of hydrogen-bond acceptors (Lipinski definition) is 0. The fourth-order valence-electron chi connectivity index (χ4n) is 5.16. The average molecular weight is 352 g/mol. The van der Waals surface area contributed by atoms with Crippen molar-refractivity contribution in [2.45, 2.75) is 0 Å². The van der Waals surface area contributed by atoms with E-state index in [9.17, 15) is 0 Å². The van der Waals surface area contributed by atoms with Crippen LogP contribution in [-0.2, 0) is 0 Å². The molecule has 7 aromatic carbocycles. The van der Waals surface area contributed by atoms with Gasteiger partial charge in [0.1, 0.15) is 0 Å². The molecule has 7 rings (SSSR count). The van der Waals surface area contributed by atoms with Crippen molar-refractivity contribution in [2.75, 3.05) is 0 Å². The minimum Gasteiger partial charge on any atom is -0.0610 e. The maximum Gasteiger partial charge on any atom is -0.00324 e. The summed E-state index contributed by atoms with van der Waals surface area (Å²) in [5, 5.41) is 16.1. The summed E-state index contributed by atoms with van der Waals surface area (Å²) in [6, 6.07) is 35.9. The summed E-state index contributed by atoms with van der Waals surface area (Å²) in [7, 11) is 0. The quantitative estimate of drug-likeness (QED) is 0.191. The van der Waals surface area contributed by atoms with Gasteiger partial charge < -0.3 is 0 Å². The first kappa shape index (κ1) is 14.4. The van der Waals surface area contributed by atoms with Gasteiger partial charge in [-0.2, -0.15) is 0 Å². The first-order chi connectivity index (χ1) is 13.9. The molecular formula is C28H16. The lowest BCUT2D eigenvalue weighted by molar-refractivity contribution is 1.79. The molecule has 0 N–H and O–H groups in total. The molecule has 0 heterocycles. The van der Waals surface area contributed by atoms with Crippen molar-refractivity contribution in [3.05, 3.63) is 97.1 Å². The van der Waals surface area contributed by atoms with Gasteiger partial charge in [-0.05, 0) is 76.8 Å². The maximum atomic E-state index is 2.38. The number of rotatable bonds is 0. The molecule has 0 spiro atoms. The number of fused-ring (bicyclic) bond motifs is 5. The van der Waals surface area contributed by atoms with E-state index in [0.29, 0.717) is 0 Å². The lowest BCUT2D eigenvalue weighted by atomic mass is 9.89. The highest BCUT2D eigenvalue weighted by atomic mass is 14.2. The Morgan fingerprint density at radius 3 is 1.14 bits per heavy atom. The highest BCUT2D eigenvalue weighted by molar-refractivity contribution is 6.30. The molecular weight excluding hydrogens is 336 g/mol. The third-order valence-corrected chi connectivity index (χ3v) is 6.34. The van der Waals surface area contributed by atoms with E-state index in [0.717, 1.165) is 0 Å². The maximum absolute atomic E-state index is 2.38. The molecule has 0 aliphatic rings. The molecule has 28 heavy (non-hydrogen) atoms. The summed E-state index contributed by atoms with van der Waals surface area (Å²) in [5.74, 6) is 0. The van der Waals surface area contributed by atoms with Crippen LogP contribution in [0.5, 0.6) is 0 Å². The first-order valence-electron chi connectivity index (χ1n) is 9.79. The van der Waals surface area contributed by atoms with Crippen LogP contribution >= 0.6 is 0 Å². The molecule has 0 aromatic heterocycles. The van der Waals surface area contributed by atoms with Crippen molar-refractivity contribution in [1.29, 1.82) is 0 Å². The smallest absolute Gasteiger partial charge is 0.00324 e. The highest BCUT2D eigenvalue weighted by Crippen LogP contribution is 2.40. The minimum absolute atomic E-state index is 1.31. The Morgan fingerprint density at radius 1 is 0.286 bits per heavy atom. The summed E-state index contributed by atoms with van der Waals surface area (Å²) in [4.78, 5) is 0. The van der Waals surface area contributed by atoms with Crippen LogP contribution in [0.3, 0.4) is 0 Å². The number of benzene rings is 7. The molecule has 0 unspecified atom stereocenters. The third kappa shape index (κ3) is 1.70. The van der Waals surface area contributed by atoms with Crippen molar-refractivity contribution in [3.8, 4) is 0 Å². The van der Waals surface area contributed by atoms with Gasteiger partial charge in [0.05, 0.1) is 0 Å². The van der Waals surface area contributed by atoms with Gasteiger partial charge >= 0.3 is 0 Å². The predicted molar refractivity (Wildman–Crippen MR) is 123 cm³/mol. The van der Waals surface area contributed by atoms with Crippen LogP contribution in [0.2, 0.25) is 0 Å². The van der Waals surface area contributed by atoms with Gasteiger partial charge in [0.15, 0.2) is 0 Å². The normalized spacial score (nSPS) is 12.3. The van der Waals surface area contributed by atoms with Gasteiger partial charge in [0.2, 0.25) is 0 Å². The van der Waals surface area contributed by atoms with Gasteiger partial charge in [-0.25, -0.2) is 0 Å². The summed E-state index contributed by atoms with van der Waals surface area (Å²) in [6.45, 7) is 0. The Labute approximate surface area is 162 Å². The molecule has 128 valence electrons. The van der Waals surface area contributed by atoms with E-state index < -0.39 is 0 Å². The second-order valence-corrected chi connectivity index (χ2v) is 7.78. The van der Waals surface area contributed by atoms with Crippen LogP contribution in [0.1, 0.15) is 0 Å². The third-order valence-electron chi connectivity index (χ3n) is 6.34. The summed E-state index contributed by atoms with van der Waals surface area (Å²) in [6.07, 6.45) is 0. The lowest BCUT2D eigenvalue weighted by Gasteiger charge is -2.14. The largest absolute Gasteiger partial charge is 0.0610 e. The molecule has 0 aliphatic heterocycles. The SMILES string of the molecule is c1cc2cccc3c4ccc5c(cc6cccc7cccc5c76)c4cc(c1)c23. The van der Waals surface area contributed by atoms with E-state index in [4.69, 9.17) is 0 Å². The highest BCUT2D eigenvalue weighted by Gasteiger charge is 2.12. The topological polar surface area (TPSA) is 0 Å². The minimum atomic E-state index is 1.31. The van der Waals surface area contributed by atoms with E-state index >= 15 is 0 Å². The zero-order valence-electron chi connectivity index (χ0n) is 15.2. The molecule has 7 aromatic rings. The Bertz CT molecular complexity index is 1560. The van der Waals surface area contributed by atoms with Gasteiger partial charge in [0.25, 0.3) is 0 Å². The first-order valence-corrected chi connectivity index (χ1v) is 9.79. The molecule has 0 amide bonds. The second kappa shape index (κ2) is 4.99. The Morgan fingerprint density at radius 2 is 0.679 bits per heavy atom. The molecule has 0 fully saturated rings. The Balaban J connectivity index is 1.81. The van der Waals surface area contributed by atoms with Crippen LogP contribution in [0.25, 0.3) is 64.6 Å². The molecule has 0 radical (unpaired) electrons. The standard InChI is InChI=1S/C28H16/c1-5-17-7-3-11-23-21-13-14-22-24-12-4-8-18-6-2-10-20(28(18)24)16-26(22)25(21)15-19(9-1)27(17)23/h1-16H. The van der Waals surface area contributed by atoms with Crippen molar-refractivity contribution in [1.82, 2.24) is 0 Å². The molecule has 0 nitrogen and oxygen atoms in total. The average Bonchev–Trinajstić information content (AvgIpc) is 2.75. The number of hydrogen-bond donors (Lipinski definition) is 0. The fourth-order valence-corrected chi connectivity index (χ4v) is 5.16. The van der Waals surface area contributed by atoms with Crippen LogP contribution < -0.4 is 0 Å². The van der Waals surface area contributed by atoms with Crippen LogP contribution in [0.15, 0.2) is 97.1 Å². The van der Waals surface area contributed by atoms with Gasteiger partial charge in [0, 0.05) is 0 Å². The molecule has 0 saturated heterocycles. The molecule has 0 saturated carbocycles. The van der Waals surface area contributed by atoms with Crippen molar-refractivity contribution in [3.63, 3.8) is 0 Å². The van der Waals surface area contributed by atoms with E-state index in [1.165, 1.54) is 64.6 Å². The zero-order chi connectivity index (χ0) is 18.2. The van der Waals surface area contributed by atoms with E-state index in [1.807, 2.05) is 0 Å². The van der Waals surface area contributed by atoms with Crippen LogP contribution in [0.4, 0.5) is 0 Å². The van der Waals surface area contributed by atoms with Gasteiger partial charge in [-0.1, -0.05) is 84.9 Å². The van der Waals surface area contributed by atoms with Crippen molar-refractivity contribution >= 4 is 64.6 Å². The van der Waals surface area contributed by atoms with E-state index in [2.05, 4.69) is 97.1 Å². The second-order valence-electron chi connectivity index (χ2n) is 7.78. The molecule has 0 heteroatoms. The van der Waals surface area contributed by atoms with E-state index in [-0.39, 0.29) is 0 Å². The zero-order valence-corrected chi connectivity index (χ0v) is 15.2. The Hall–Kier alpha value is -3.64. The van der Waals surface area contributed by atoms with Crippen molar-refractivity contribution in [2.24, 2.45) is 0 Å². The summed E-state index contributed by atoms with van der Waals surface area (Å²) in [5.41, 5.74) is 0. The molecule has 0 bridgehead atoms. The predicted octanol–water partition coefficient (Wildman–Crippen LogP) is 8.04. The fraction of sp³-hybridized carbons (Fsp3) is 0. The Kier molecular flexibility index (Phi) is 2.57. The van der Waals surface area contributed by atoms with Gasteiger partial charge in [-0.3, -0.25) is 0 Å². The summed E-state index contributed by atoms with van der Waals surface area (Å²) >= 11 is 0. The summed E-state index contributed by atoms with van der Waals surface area (Å²) < 4.78 is 0. The van der Waals surface area contributed by atoms with Crippen LogP contribution in [0, 0.1) is 0 Å². The molecule has 0 atom stereocenters. The van der Waals surface area contributed by atoms with Crippen molar-refractivity contribution < 1.29 is 0 Å². The van der Waals surface area contributed by atoms with Gasteiger partial charge in [-0.15, -0.1) is 0 Å². The molecule has 0 aliphatic carbocycles. The van der Waals surface area contributed by atoms with Crippen LogP contribution in [-0.4, -0.2) is 0 Å². The monoisotopic (exact) mass is 352 g/mol. The lowest BCUT2D eigenvalue weighted by Crippen LogP contribution is -1.86. The van der Waals surface area contributed by atoms with E-state index in [1.54, 1.807) is 0 Å².